The molecule has 0 radical (unpaired) electrons. The molecule has 0 aliphatic rings. The quantitative estimate of drug-likeness (QED) is 0.555. The summed E-state index contributed by atoms with van der Waals surface area (Å²) in [4.78, 5) is 22.6. The number of aliphatic carboxylic acids is 1. The smallest absolute Gasteiger partial charge is 0.328 e. The number of aliphatic hydroxyl groups excluding tert-OH is 1. The van der Waals surface area contributed by atoms with E-state index in [1.807, 2.05) is 30.3 Å². The van der Waals surface area contributed by atoms with E-state index in [1.165, 1.54) is 6.92 Å². The van der Waals surface area contributed by atoms with Crippen LogP contribution >= 0.6 is 0 Å². The van der Waals surface area contributed by atoms with E-state index in [4.69, 9.17) is 10.8 Å². The molecule has 1 amide bonds. The minimum absolute atomic E-state index is 0.304. The standard InChI is InChI=1S/C13H18N2O4/c1-8(16)11(13(18)19)15-12(17)10(14)7-9-5-3-2-4-6-9/h2-6,8,10-11,16H,7,14H2,1H3,(H,15,17)(H,18,19)/t8-,10-,11+/m1/s1. The van der Waals surface area contributed by atoms with Gasteiger partial charge in [0.15, 0.2) is 6.04 Å². The second-order valence-corrected chi connectivity index (χ2v) is 4.36. The first kappa shape index (κ1) is 15.1. The molecule has 0 saturated heterocycles. The predicted octanol–water partition coefficient (Wildman–Crippen LogP) is -0.493. The third-order valence-corrected chi connectivity index (χ3v) is 2.68. The highest BCUT2D eigenvalue weighted by Gasteiger charge is 2.27. The molecule has 0 bridgehead atoms. The molecule has 0 unspecified atom stereocenters. The van der Waals surface area contributed by atoms with Crippen LogP contribution in [-0.2, 0) is 16.0 Å². The van der Waals surface area contributed by atoms with E-state index >= 15 is 0 Å². The SMILES string of the molecule is C[C@@H](O)[C@H](NC(=O)[C@H](N)Cc1ccccc1)C(=O)O. The molecule has 5 N–H and O–H groups in total. The van der Waals surface area contributed by atoms with Crippen LogP contribution < -0.4 is 11.1 Å². The van der Waals surface area contributed by atoms with Gasteiger partial charge in [0.1, 0.15) is 0 Å². The number of nitrogens with one attached hydrogen (secondary N) is 1. The molecule has 0 aliphatic heterocycles. The highest BCUT2D eigenvalue weighted by Crippen LogP contribution is 2.02. The molecule has 6 heteroatoms. The summed E-state index contributed by atoms with van der Waals surface area (Å²) in [6.07, 6.45) is -0.885. The number of carbonyl (C=O) groups is 2. The van der Waals surface area contributed by atoms with Crippen LogP contribution in [0.15, 0.2) is 30.3 Å². The number of amides is 1. The van der Waals surface area contributed by atoms with Gasteiger partial charge in [0, 0.05) is 0 Å². The minimum Gasteiger partial charge on any atom is -0.480 e. The highest BCUT2D eigenvalue weighted by atomic mass is 16.4. The van der Waals surface area contributed by atoms with Crippen LogP contribution in [-0.4, -0.2) is 40.3 Å². The van der Waals surface area contributed by atoms with E-state index in [-0.39, 0.29) is 0 Å². The van der Waals surface area contributed by atoms with Crippen LogP contribution in [0.1, 0.15) is 12.5 Å². The molecule has 0 spiro atoms. The average Bonchev–Trinajstić information content (AvgIpc) is 2.35. The minimum atomic E-state index is -1.35. The van der Waals surface area contributed by atoms with Crippen LogP contribution in [0, 0.1) is 0 Å². The van der Waals surface area contributed by atoms with Crippen molar-refractivity contribution in [3.8, 4) is 0 Å². The molecule has 0 aromatic heterocycles. The van der Waals surface area contributed by atoms with Crippen molar-refractivity contribution in [1.29, 1.82) is 0 Å². The summed E-state index contributed by atoms with van der Waals surface area (Å²) in [5.74, 6) is -1.90. The molecular weight excluding hydrogens is 248 g/mol. The van der Waals surface area contributed by atoms with Gasteiger partial charge in [-0.15, -0.1) is 0 Å². The van der Waals surface area contributed by atoms with Gasteiger partial charge in [-0.1, -0.05) is 30.3 Å². The predicted molar refractivity (Wildman–Crippen MR) is 69.4 cm³/mol. The van der Waals surface area contributed by atoms with Crippen LogP contribution in [0.25, 0.3) is 0 Å². The van der Waals surface area contributed by atoms with Crippen LogP contribution in [0.5, 0.6) is 0 Å². The fourth-order valence-electron chi connectivity index (χ4n) is 1.61. The van der Waals surface area contributed by atoms with Crippen LogP contribution in [0.4, 0.5) is 0 Å². The Balaban J connectivity index is 2.60. The van der Waals surface area contributed by atoms with Gasteiger partial charge in [-0.3, -0.25) is 4.79 Å². The summed E-state index contributed by atoms with van der Waals surface area (Å²) < 4.78 is 0. The Morgan fingerprint density at radius 1 is 1.32 bits per heavy atom. The summed E-state index contributed by atoms with van der Waals surface area (Å²) in [5.41, 5.74) is 6.59. The number of carbonyl (C=O) groups excluding carboxylic acids is 1. The van der Waals surface area contributed by atoms with Crippen LogP contribution in [0.2, 0.25) is 0 Å². The van der Waals surface area contributed by atoms with Crippen molar-refractivity contribution >= 4 is 11.9 Å². The van der Waals surface area contributed by atoms with Gasteiger partial charge < -0.3 is 21.3 Å². The normalized spacial score (nSPS) is 15.3. The first-order valence-corrected chi connectivity index (χ1v) is 5.92. The summed E-state index contributed by atoms with van der Waals surface area (Å²) in [5, 5.41) is 20.3. The number of carboxylic acids is 1. The second-order valence-electron chi connectivity index (χ2n) is 4.36. The third kappa shape index (κ3) is 4.69. The summed E-state index contributed by atoms with van der Waals surface area (Å²) >= 11 is 0. The Hall–Kier alpha value is -1.92. The van der Waals surface area contributed by atoms with Crippen molar-refractivity contribution in [1.82, 2.24) is 5.32 Å². The molecule has 6 nitrogen and oxygen atoms in total. The fourth-order valence-corrected chi connectivity index (χ4v) is 1.61. The lowest BCUT2D eigenvalue weighted by Crippen LogP contribution is -2.53. The molecular formula is C13H18N2O4. The van der Waals surface area contributed by atoms with Gasteiger partial charge in [0.25, 0.3) is 0 Å². The van der Waals surface area contributed by atoms with Crippen molar-refractivity contribution in [3.63, 3.8) is 0 Å². The summed E-state index contributed by atoms with van der Waals surface area (Å²) in [7, 11) is 0. The van der Waals surface area contributed by atoms with Gasteiger partial charge in [-0.05, 0) is 18.9 Å². The van der Waals surface area contributed by atoms with Crippen molar-refractivity contribution in [2.24, 2.45) is 5.73 Å². The Labute approximate surface area is 111 Å². The molecule has 104 valence electrons. The number of carboxylic acid groups (broad SMARTS) is 1. The number of hydrogen-bond acceptors (Lipinski definition) is 4. The van der Waals surface area contributed by atoms with E-state index < -0.39 is 30.1 Å². The van der Waals surface area contributed by atoms with E-state index in [9.17, 15) is 14.7 Å². The van der Waals surface area contributed by atoms with Gasteiger partial charge in [0.2, 0.25) is 5.91 Å². The highest BCUT2D eigenvalue weighted by molar-refractivity contribution is 5.87. The topological polar surface area (TPSA) is 113 Å². The van der Waals surface area contributed by atoms with Gasteiger partial charge in [-0.2, -0.15) is 0 Å². The lowest BCUT2D eigenvalue weighted by molar-refractivity contribution is -0.144. The number of rotatable bonds is 6. The lowest BCUT2D eigenvalue weighted by atomic mass is 10.1. The number of aliphatic hydroxyl groups is 1. The van der Waals surface area contributed by atoms with Crippen molar-refractivity contribution < 1.29 is 19.8 Å². The van der Waals surface area contributed by atoms with Crippen molar-refractivity contribution in [3.05, 3.63) is 35.9 Å². The first-order valence-electron chi connectivity index (χ1n) is 5.92. The molecule has 0 aliphatic carbocycles. The van der Waals surface area contributed by atoms with Crippen LogP contribution in [0.3, 0.4) is 0 Å². The Morgan fingerprint density at radius 3 is 2.37 bits per heavy atom. The molecule has 0 fully saturated rings. The second kappa shape index (κ2) is 6.86. The number of hydrogen-bond donors (Lipinski definition) is 4. The molecule has 3 atom stereocenters. The van der Waals surface area contributed by atoms with E-state index in [2.05, 4.69) is 5.32 Å². The zero-order valence-corrected chi connectivity index (χ0v) is 10.6. The maximum atomic E-state index is 11.8. The maximum absolute atomic E-state index is 11.8. The largest absolute Gasteiger partial charge is 0.480 e. The van der Waals surface area contributed by atoms with E-state index in [0.29, 0.717) is 6.42 Å². The Morgan fingerprint density at radius 2 is 1.89 bits per heavy atom. The first-order chi connectivity index (χ1) is 8.91. The summed E-state index contributed by atoms with van der Waals surface area (Å²) in [6.45, 7) is 1.29. The fraction of sp³-hybridized carbons (Fsp3) is 0.385. The Kier molecular flexibility index (Phi) is 5.47. The molecule has 0 saturated carbocycles. The zero-order valence-electron chi connectivity index (χ0n) is 10.6. The maximum Gasteiger partial charge on any atom is 0.328 e. The molecule has 1 rings (SSSR count). The number of benzene rings is 1. The average molecular weight is 266 g/mol. The molecule has 19 heavy (non-hydrogen) atoms. The Bertz CT molecular complexity index is 434. The van der Waals surface area contributed by atoms with Gasteiger partial charge in [-0.25, -0.2) is 4.79 Å². The third-order valence-electron chi connectivity index (χ3n) is 2.68. The van der Waals surface area contributed by atoms with Crippen molar-refractivity contribution in [2.75, 3.05) is 0 Å². The number of nitrogens with two attached hydrogens (primary N) is 1. The molecule has 1 aromatic rings. The molecule has 1 aromatic carbocycles. The lowest BCUT2D eigenvalue weighted by Gasteiger charge is -2.19. The van der Waals surface area contributed by atoms with E-state index in [0.717, 1.165) is 5.56 Å². The molecule has 0 heterocycles. The van der Waals surface area contributed by atoms with Gasteiger partial charge >= 0.3 is 5.97 Å². The van der Waals surface area contributed by atoms with Crippen molar-refractivity contribution in [2.45, 2.75) is 31.5 Å². The van der Waals surface area contributed by atoms with E-state index in [1.54, 1.807) is 0 Å². The summed E-state index contributed by atoms with van der Waals surface area (Å²) in [6, 6.07) is 6.96. The van der Waals surface area contributed by atoms with Gasteiger partial charge in [0.05, 0.1) is 12.1 Å². The monoisotopic (exact) mass is 266 g/mol. The zero-order chi connectivity index (χ0) is 14.4.